The van der Waals surface area contributed by atoms with Gasteiger partial charge in [0.05, 0.1) is 13.2 Å². The molecule has 1 atom stereocenters. The second-order valence-electron chi connectivity index (χ2n) is 8.20. The third-order valence-electron chi connectivity index (χ3n) is 5.97. The van der Waals surface area contributed by atoms with Crippen LogP contribution < -0.4 is 9.47 Å². The summed E-state index contributed by atoms with van der Waals surface area (Å²) in [5.41, 5.74) is 2.64. The molecule has 1 N–H and O–H groups in total. The van der Waals surface area contributed by atoms with Crippen LogP contribution in [0.3, 0.4) is 0 Å². The zero-order chi connectivity index (χ0) is 22.2. The molecule has 5 nitrogen and oxygen atoms in total. The molecule has 5 heteroatoms. The van der Waals surface area contributed by atoms with E-state index in [1.165, 1.54) is 11.1 Å². The minimum Gasteiger partial charge on any atom is -0.497 e. The smallest absolute Gasteiger partial charge is 0.119 e. The first-order valence-electron chi connectivity index (χ1n) is 11.2. The van der Waals surface area contributed by atoms with E-state index in [4.69, 9.17) is 9.47 Å². The fourth-order valence-corrected chi connectivity index (χ4v) is 4.30. The van der Waals surface area contributed by atoms with Crippen LogP contribution in [0.4, 0.5) is 0 Å². The lowest BCUT2D eigenvalue weighted by molar-refractivity contribution is 0.0401. The number of aliphatic hydroxyl groups excluding tert-OH is 1. The molecule has 1 aliphatic rings. The highest BCUT2D eigenvalue weighted by Crippen LogP contribution is 2.29. The summed E-state index contributed by atoms with van der Waals surface area (Å²) >= 11 is 0. The lowest BCUT2D eigenvalue weighted by Gasteiger charge is -2.40. The summed E-state index contributed by atoms with van der Waals surface area (Å²) in [5.74, 6) is 1.53. The minimum absolute atomic E-state index is 0.253. The Kier molecular flexibility index (Phi) is 7.77. The summed E-state index contributed by atoms with van der Waals surface area (Å²) in [6, 6.07) is 29.1. The third kappa shape index (κ3) is 5.88. The number of aliphatic hydroxyl groups is 1. The summed E-state index contributed by atoms with van der Waals surface area (Å²) in [6.07, 6.45) is -0.525. The van der Waals surface area contributed by atoms with Gasteiger partial charge in [0, 0.05) is 32.7 Å². The van der Waals surface area contributed by atoms with E-state index in [1.807, 2.05) is 24.3 Å². The molecule has 0 aromatic heterocycles. The Bertz CT molecular complexity index is 887. The minimum atomic E-state index is -0.525. The standard InChI is InChI=1S/C27H32N2O3/c1-31-25-12-14-26(15-13-25)32-21-24(30)20-28-16-18-29(19-17-28)27(22-8-4-2-5-9-22)23-10-6-3-7-11-23/h2-15,24,27,30H,16-21H2,1H3. The zero-order valence-corrected chi connectivity index (χ0v) is 18.6. The molecule has 1 fully saturated rings. The fourth-order valence-electron chi connectivity index (χ4n) is 4.30. The highest BCUT2D eigenvalue weighted by atomic mass is 16.5. The Hall–Kier alpha value is -2.86. The summed E-state index contributed by atoms with van der Waals surface area (Å²) < 4.78 is 10.9. The average Bonchev–Trinajstić information content (AvgIpc) is 2.86. The highest BCUT2D eigenvalue weighted by molar-refractivity contribution is 5.32. The first-order chi connectivity index (χ1) is 15.7. The molecular weight excluding hydrogens is 400 g/mol. The molecule has 0 spiro atoms. The van der Waals surface area contributed by atoms with Crippen LogP contribution in [0.5, 0.6) is 11.5 Å². The molecule has 3 aromatic rings. The number of hydrogen-bond acceptors (Lipinski definition) is 5. The van der Waals surface area contributed by atoms with Gasteiger partial charge >= 0.3 is 0 Å². The molecule has 1 unspecified atom stereocenters. The van der Waals surface area contributed by atoms with Crippen molar-refractivity contribution in [3.05, 3.63) is 96.1 Å². The monoisotopic (exact) mass is 432 g/mol. The van der Waals surface area contributed by atoms with Gasteiger partial charge in [-0.2, -0.15) is 0 Å². The maximum absolute atomic E-state index is 10.5. The number of ether oxygens (including phenoxy) is 2. The number of nitrogens with zero attached hydrogens (tertiary/aromatic N) is 2. The van der Waals surface area contributed by atoms with Crippen molar-refractivity contribution in [3.63, 3.8) is 0 Å². The van der Waals surface area contributed by atoms with Crippen LogP contribution >= 0.6 is 0 Å². The molecule has 168 valence electrons. The number of rotatable bonds is 9. The molecule has 3 aromatic carbocycles. The lowest BCUT2D eigenvalue weighted by Crippen LogP contribution is -2.50. The fraction of sp³-hybridized carbons (Fsp3) is 0.333. The van der Waals surface area contributed by atoms with E-state index in [1.54, 1.807) is 7.11 Å². The summed E-state index contributed by atoms with van der Waals surface area (Å²) in [6.45, 7) is 4.67. The first kappa shape index (κ1) is 22.3. The van der Waals surface area contributed by atoms with E-state index in [9.17, 15) is 5.11 Å². The van der Waals surface area contributed by atoms with E-state index in [-0.39, 0.29) is 12.6 Å². The van der Waals surface area contributed by atoms with E-state index in [0.717, 1.165) is 37.7 Å². The van der Waals surface area contributed by atoms with Gasteiger partial charge in [0.15, 0.2) is 0 Å². The number of benzene rings is 3. The van der Waals surface area contributed by atoms with Crippen molar-refractivity contribution in [1.82, 2.24) is 9.80 Å². The van der Waals surface area contributed by atoms with Crippen LogP contribution in [0.25, 0.3) is 0 Å². The SMILES string of the molecule is COc1ccc(OCC(O)CN2CCN(C(c3ccccc3)c3ccccc3)CC2)cc1. The summed E-state index contributed by atoms with van der Waals surface area (Å²) in [5, 5.41) is 10.5. The summed E-state index contributed by atoms with van der Waals surface area (Å²) in [7, 11) is 1.64. The van der Waals surface area contributed by atoms with Gasteiger partial charge < -0.3 is 14.6 Å². The van der Waals surface area contributed by atoms with Crippen LogP contribution in [-0.2, 0) is 0 Å². The topological polar surface area (TPSA) is 45.2 Å². The zero-order valence-electron chi connectivity index (χ0n) is 18.6. The maximum atomic E-state index is 10.5. The molecule has 0 bridgehead atoms. The maximum Gasteiger partial charge on any atom is 0.119 e. The number of β-amino-alcohol motifs (C(OH)–C–C–N with tert-alkyl or cyclic N) is 1. The molecule has 0 amide bonds. The molecule has 1 aliphatic heterocycles. The molecule has 1 saturated heterocycles. The van der Waals surface area contributed by atoms with Crippen molar-refractivity contribution in [2.75, 3.05) is 46.4 Å². The average molecular weight is 433 g/mol. The van der Waals surface area contributed by atoms with Crippen molar-refractivity contribution in [2.45, 2.75) is 12.1 Å². The van der Waals surface area contributed by atoms with Gasteiger partial charge in [-0.3, -0.25) is 9.80 Å². The molecule has 1 heterocycles. The number of piperazine rings is 1. The largest absolute Gasteiger partial charge is 0.497 e. The van der Waals surface area contributed by atoms with Gasteiger partial charge in [-0.1, -0.05) is 60.7 Å². The Balaban J connectivity index is 1.30. The molecule has 4 rings (SSSR count). The molecular formula is C27H32N2O3. The van der Waals surface area contributed by atoms with Gasteiger partial charge in [0.2, 0.25) is 0 Å². The molecule has 0 saturated carbocycles. The van der Waals surface area contributed by atoms with Gasteiger partial charge in [0.1, 0.15) is 24.2 Å². The van der Waals surface area contributed by atoms with Crippen molar-refractivity contribution in [2.24, 2.45) is 0 Å². The number of methoxy groups -OCH3 is 1. The highest BCUT2D eigenvalue weighted by Gasteiger charge is 2.27. The van der Waals surface area contributed by atoms with E-state index >= 15 is 0 Å². The Morgan fingerprint density at radius 1 is 0.750 bits per heavy atom. The second kappa shape index (κ2) is 11.1. The predicted octanol–water partition coefficient (Wildman–Crippen LogP) is 3.84. The Labute approximate surface area is 190 Å². The Morgan fingerprint density at radius 3 is 1.81 bits per heavy atom. The molecule has 0 aliphatic carbocycles. The van der Waals surface area contributed by atoms with E-state index < -0.39 is 6.10 Å². The van der Waals surface area contributed by atoms with Crippen molar-refractivity contribution >= 4 is 0 Å². The summed E-state index contributed by atoms with van der Waals surface area (Å²) in [4.78, 5) is 4.87. The van der Waals surface area contributed by atoms with Gasteiger partial charge in [-0.05, 0) is 35.4 Å². The van der Waals surface area contributed by atoms with Crippen LogP contribution in [0.15, 0.2) is 84.9 Å². The second-order valence-corrected chi connectivity index (χ2v) is 8.20. The van der Waals surface area contributed by atoms with Gasteiger partial charge in [-0.15, -0.1) is 0 Å². The van der Waals surface area contributed by atoms with Crippen LogP contribution in [-0.4, -0.2) is 67.5 Å². The van der Waals surface area contributed by atoms with E-state index in [0.29, 0.717) is 6.54 Å². The van der Waals surface area contributed by atoms with Gasteiger partial charge in [0.25, 0.3) is 0 Å². The normalized spacial score (nSPS) is 16.1. The third-order valence-corrected chi connectivity index (χ3v) is 5.97. The number of hydrogen-bond donors (Lipinski definition) is 1. The quantitative estimate of drug-likeness (QED) is 0.557. The predicted molar refractivity (Wildman–Crippen MR) is 127 cm³/mol. The van der Waals surface area contributed by atoms with Gasteiger partial charge in [-0.25, -0.2) is 0 Å². The molecule has 32 heavy (non-hydrogen) atoms. The Morgan fingerprint density at radius 2 is 1.28 bits per heavy atom. The van der Waals surface area contributed by atoms with Crippen LogP contribution in [0, 0.1) is 0 Å². The van der Waals surface area contributed by atoms with Crippen LogP contribution in [0.1, 0.15) is 17.2 Å². The molecule has 0 radical (unpaired) electrons. The van der Waals surface area contributed by atoms with Crippen molar-refractivity contribution < 1.29 is 14.6 Å². The van der Waals surface area contributed by atoms with Crippen LogP contribution in [0.2, 0.25) is 0 Å². The first-order valence-corrected chi connectivity index (χ1v) is 11.2. The van der Waals surface area contributed by atoms with Crippen molar-refractivity contribution in [1.29, 1.82) is 0 Å². The lowest BCUT2D eigenvalue weighted by atomic mass is 9.96. The van der Waals surface area contributed by atoms with Crippen molar-refractivity contribution in [3.8, 4) is 11.5 Å². The van der Waals surface area contributed by atoms with E-state index in [2.05, 4.69) is 70.5 Å².